The number of nitrogens with zero attached hydrogens (tertiary/aromatic N) is 1. The Hall–Kier alpha value is -0.720. The van der Waals surface area contributed by atoms with Crippen LogP contribution in [0.1, 0.15) is 40.5 Å². The van der Waals surface area contributed by atoms with Gasteiger partial charge < -0.3 is 10.0 Å². The van der Waals surface area contributed by atoms with Gasteiger partial charge in [0.15, 0.2) is 0 Å². The highest BCUT2D eigenvalue weighted by Crippen LogP contribution is 2.30. The largest absolute Gasteiger partial charge is 0.391 e. The molecule has 1 aliphatic rings. The predicted molar refractivity (Wildman–Crippen MR) is 63.5 cm³/mol. The van der Waals surface area contributed by atoms with Crippen LogP contribution < -0.4 is 0 Å². The summed E-state index contributed by atoms with van der Waals surface area (Å²) >= 11 is 0. The van der Waals surface area contributed by atoms with Crippen molar-refractivity contribution in [1.82, 2.24) is 4.90 Å². The molecule has 1 fully saturated rings. The highest BCUT2D eigenvalue weighted by molar-refractivity contribution is 5.06. The van der Waals surface area contributed by atoms with E-state index in [0.717, 1.165) is 25.1 Å². The second-order valence-electron chi connectivity index (χ2n) is 5.75. The lowest BCUT2D eigenvalue weighted by molar-refractivity contribution is 0.181. The normalized spacial score (nSPS) is 26.6. The van der Waals surface area contributed by atoms with Crippen LogP contribution in [0.2, 0.25) is 0 Å². The molecule has 2 atom stereocenters. The maximum absolute atomic E-state index is 9.61. The minimum Gasteiger partial charge on any atom is -0.391 e. The van der Waals surface area contributed by atoms with Crippen molar-refractivity contribution in [1.29, 1.82) is 0 Å². The van der Waals surface area contributed by atoms with E-state index in [1.165, 1.54) is 0 Å². The third kappa shape index (κ3) is 3.40. The highest BCUT2D eigenvalue weighted by atomic mass is 16.3. The molecule has 2 heteroatoms. The molecule has 0 aromatic heterocycles. The second-order valence-corrected chi connectivity index (χ2v) is 5.75. The second kappa shape index (κ2) is 4.42. The lowest BCUT2D eigenvalue weighted by Crippen LogP contribution is -2.28. The van der Waals surface area contributed by atoms with E-state index in [2.05, 4.69) is 44.9 Å². The molecular weight excluding hydrogens is 186 g/mol. The van der Waals surface area contributed by atoms with Crippen molar-refractivity contribution in [2.24, 2.45) is 5.41 Å². The molecule has 1 aliphatic heterocycles. The van der Waals surface area contributed by atoms with Gasteiger partial charge in [-0.2, -0.15) is 0 Å². The van der Waals surface area contributed by atoms with E-state index >= 15 is 0 Å². The summed E-state index contributed by atoms with van der Waals surface area (Å²) in [6.07, 6.45) is 1.63. The summed E-state index contributed by atoms with van der Waals surface area (Å²) < 4.78 is 0. The minimum absolute atomic E-state index is 0.191. The van der Waals surface area contributed by atoms with E-state index in [1.54, 1.807) is 0 Å². The first kappa shape index (κ1) is 12.4. The van der Waals surface area contributed by atoms with Gasteiger partial charge in [-0.3, -0.25) is 0 Å². The topological polar surface area (TPSA) is 23.5 Å². The first-order valence-corrected chi connectivity index (χ1v) is 5.67. The fourth-order valence-electron chi connectivity index (χ4n) is 2.15. The molecule has 0 amide bonds. The van der Waals surface area contributed by atoms with Gasteiger partial charge >= 0.3 is 0 Å². The Morgan fingerprint density at radius 3 is 2.47 bits per heavy atom. The first-order valence-electron chi connectivity index (χ1n) is 5.67. The van der Waals surface area contributed by atoms with E-state index in [1.807, 2.05) is 0 Å². The van der Waals surface area contributed by atoms with Crippen LogP contribution in [-0.2, 0) is 0 Å². The number of aliphatic hydroxyl groups is 1. The number of rotatable bonds is 2. The molecule has 0 bridgehead atoms. The molecule has 86 valence electrons. The quantitative estimate of drug-likeness (QED) is 0.706. The van der Waals surface area contributed by atoms with Crippen LogP contribution in [0.15, 0.2) is 18.0 Å². The van der Waals surface area contributed by atoms with Gasteiger partial charge in [0.25, 0.3) is 0 Å². The van der Waals surface area contributed by atoms with Gasteiger partial charge in [0.1, 0.15) is 0 Å². The Kier molecular flexibility index (Phi) is 3.64. The number of likely N-dealkylation sites (tertiary alicyclic amines) is 1. The van der Waals surface area contributed by atoms with E-state index in [4.69, 9.17) is 0 Å². The third-order valence-corrected chi connectivity index (χ3v) is 2.80. The van der Waals surface area contributed by atoms with Crippen molar-refractivity contribution in [2.45, 2.75) is 52.7 Å². The molecule has 0 saturated carbocycles. The van der Waals surface area contributed by atoms with Crippen LogP contribution in [-0.4, -0.2) is 28.7 Å². The van der Waals surface area contributed by atoms with Crippen molar-refractivity contribution < 1.29 is 5.11 Å². The molecule has 2 nitrogen and oxygen atoms in total. The SMILES string of the molecule is C=C=C(CC(C)(C)C)N1CC(O)CC1C. The molecule has 1 rings (SSSR count). The molecule has 2 unspecified atom stereocenters. The monoisotopic (exact) mass is 209 g/mol. The molecule has 15 heavy (non-hydrogen) atoms. The summed E-state index contributed by atoms with van der Waals surface area (Å²) in [7, 11) is 0. The summed E-state index contributed by atoms with van der Waals surface area (Å²) in [4.78, 5) is 2.24. The van der Waals surface area contributed by atoms with Crippen LogP contribution in [0.4, 0.5) is 0 Å². The van der Waals surface area contributed by atoms with Crippen molar-refractivity contribution in [3.63, 3.8) is 0 Å². The summed E-state index contributed by atoms with van der Waals surface area (Å²) in [5.41, 5.74) is 4.42. The summed E-state index contributed by atoms with van der Waals surface area (Å²) in [6, 6.07) is 0.409. The van der Waals surface area contributed by atoms with Gasteiger partial charge in [-0.15, -0.1) is 5.73 Å². The molecule has 1 heterocycles. The Morgan fingerprint density at radius 2 is 2.13 bits per heavy atom. The average molecular weight is 209 g/mol. The van der Waals surface area contributed by atoms with E-state index in [-0.39, 0.29) is 11.5 Å². The summed E-state index contributed by atoms with van der Waals surface area (Å²) in [5, 5.41) is 9.61. The van der Waals surface area contributed by atoms with Crippen LogP contribution in [0.5, 0.6) is 0 Å². The Labute approximate surface area is 93.3 Å². The van der Waals surface area contributed by atoms with Gasteiger partial charge in [-0.1, -0.05) is 27.4 Å². The Bertz CT molecular complexity index is 271. The van der Waals surface area contributed by atoms with Crippen molar-refractivity contribution in [3.8, 4) is 0 Å². The van der Waals surface area contributed by atoms with E-state index in [9.17, 15) is 5.11 Å². The lowest BCUT2D eigenvalue weighted by Gasteiger charge is -2.29. The van der Waals surface area contributed by atoms with Crippen LogP contribution in [0.3, 0.4) is 0 Å². The average Bonchev–Trinajstić information content (AvgIpc) is 2.39. The molecule has 0 aromatic rings. The molecule has 1 saturated heterocycles. The number of hydrogen-bond acceptors (Lipinski definition) is 2. The van der Waals surface area contributed by atoms with Gasteiger partial charge in [0.2, 0.25) is 0 Å². The standard InChI is InChI=1S/C13H23NO/c1-6-11(8-13(3,4)5)14-9-12(15)7-10(14)2/h10,12,15H,1,7-9H2,2-5H3. The zero-order chi connectivity index (χ0) is 11.6. The zero-order valence-electron chi connectivity index (χ0n) is 10.4. The summed E-state index contributed by atoms with van der Waals surface area (Å²) in [6.45, 7) is 13.3. The number of allylic oxidation sites excluding steroid dienone is 1. The third-order valence-electron chi connectivity index (χ3n) is 2.80. The predicted octanol–water partition coefficient (Wildman–Crippen LogP) is 2.55. The molecule has 0 spiro atoms. The fourth-order valence-corrected chi connectivity index (χ4v) is 2.15. The highest BCUT2D eigenvalue weighted by Gasteiger charge is 2.30. The van der Waals surface area contributed by atoms with Crippen LogP contribution in [0, 0.1) is 5.41 Å². The lowest BCUT2D eigenvalue weighted by atomic mass is 9.90. The molecule has 0 aromatic carbocycles. The smallest absolute Gasteiger partial charge is 0.0734 e. The Morgan fingerprint density at radius 1 is 1.53 bits per heavy atom. The summed E-state index contributed by atoms with van der Waals surface area (Å²) in [5.74, 6) is 0. The molecular formula is C13H23NO. The van der Waals surface area contributed by atoms with Crippen LogP contribution in [0.25, 0.3) is 0 Å². The van der Waals surface area contributed by atoms with E-state index in [0.29, 0.717) is 6.04 Å². The van der Waals surface area contributed by atoms with Gasteiger partial charge in [-0.25, -0.2) is 0 Å². The molecule has 0 radical (unpaired) electrons. The van der Waals surface area contributed by atoms with Crippen molar-refractivity contribution in [2.75, 3.05) is 6.54 Å². The maximum atomic E-state index is 9.61. The molecule has 1 N–H and O–H groups in total. The molecule has 0 aliphatic carbocycles. The minimum atomic E-state index is -0.191. The fraction of sp³-hybridized carbons (Fsp3) is 0.769. The van der Waals surface area contributed by atoms with Crippen molar-refractivity contribution in [3.05, 3.63) is 18.0 Å². The maximum Gasteiger partial charge on any atom is 0.0734 e. The number of β-amino-alcohol motifs (C(OH)–C–C–N with tert-alkyl or cyclic N) is 1. The number of aliphatic hydroxyl groups excluding tert-OH is 1. The van der Waals surface area contributed by atoms with Gasteiger partial charge in [-0.05, 0) is 25.2 Å². The van der Waals surface area contributed by atoms with E-state index < -0.39 is 0 Å². The first-order chi connectivity index (χ1) is 6.83. The Balaban J connectivity index is 2.73. The van der Waals surface area contributed by atoms with Crippen molar-refractivity contribution >= 4 is 0 Å². The van der Waals surface area contributed by atoms with Gasteiger partial charge in [0, 0.05) is 12.6 Å². The van der Waals surface area contributed by atoms with Crippen LogP contribution >= 0.6 is 0 Å². The van der Waals surface area contributed by atoms with Gasteiger partial charge in [0.05, 0.1) is 11.8 Å². The number of hydrogen-bond donors (Lipinski definition) is 1. The zero-order valence-corrected chi connectivity index (χ0v) is 10.4.